The summed E-state index contributed by atoms with van der Waals surface area (Å²) in [5.41, 5.74) is 2.52. The highest BCUT2D eigenvalue weighted by molar-refractivity contribution is 5.80. The van der Waals surface area contributed by atoms with E-state index in [0.29, 0.717) is 0 Å². The van der Waals surface area contributed by atoms with Crippen molar-refractivity contribution in [1.82, 2.24) is 10.6 Å². The molecule has 1 unspecified atom stereocenters. The predicted molar refractivity (Wildman–Crippen MR) is 82.9 cm³/mol. The quantitative estimate of drug-likeness (QED) is 0.862. The van der Waals surface area contributed by atoms with E-state index < -0.39 is 0 Å². The minimum absolute atomic E-state index is 0.0231. The summed E-state index contributed by atoms with van der Waals surface area (Å²) in [6.45, 7) is 4.94. The van der Waals surface area contributed by atoms with Crippen LogP contribution in [0, 0.1) is 0 Å². The van der Waals surface area contributed by atoms with Crippen LogP contribution in [0.15, 0.2) is 24.3 Å². The van der Waals surface area contributed by atoms with E-state index in [1.807, 2.05) is 6.92 Å². The first-order valence-electron chi connectivity index (χ1n) is 7.49. The molecule has 0 bridgehead atoms. The molecule has 4 nitrogen and oxygen atoms in total. The third-order valence-electron chi connectivity index (χ3n) is 3.91. The first kappa shape index (κ1) is 14.9. The molecule has 1 amide bonds. The van der Waals surface area contributed by atoms with Crippen LogP contribution >= 0.6 is 0 Å². The summed E-state index contributed by atoms with van der Waals surface area (Å²) in [5, 5.41) is 5.87. The van der Waals surface area contributed by atoms with Crippen molar-refractivity contribution in [2.45, 2.75) is 38.8 Å². The Kier molecular flexibility index (Phi) is 5.41. The largest absolute Gasteiger partial charge is 0.372 e. The fourth-order valence-electron chi connectivity index (χ4n) is 2.56. The molecule has 0 spiro atoms. The van der Waals surface area contributed by atoms with E-state index in [1.54, 1.807) is 7.05 Å². The predicted octanol–water partition coefficient (Wildman–Crippen LogP) is 1.90. The van der Waals surface area contributed by atoms with E-state index in [-0.39, 0.29) is 11.9 Å². The average molecular weight is 275 g/mol. The zero-order valence-corrected chi connectivity index (χ0v) is 12.5. The minimum atomic E-state index is -0.165. The number of likely N-dealkylation sites (N-methyl/N-ethyl adjacent to an activating group) is 1. The summed E-state index contributed by atoms with van der Waals surface area (Å²) in [5.74, 6) is 0.0231. The number of rotatable bonds is 5. The Morgan fingerprint density at radius 1 is 1.20 bits per heavy atom. The molecule has 20 heavy (non-hydrogen) atoms. The summed E-state index contributed by atoms with van der Waals surface area (Å²) in [6, 6.07) is 8.50. The molecule has 2 N–H and O–H groups in total. The Morgan fingerprint density at radius 2 is 1.85 bits per heavy atom. The fourth-order valence-corrected chi connectivity index (χ4v) is 2.56. The second-order valence-electron chi connectivity index (χ2n) is 5.43. The third kappa shape index (κ3) is 3.97. The number of nitrogens with one attached hydrogen (secondary N) is 2. The number of hydrogen-bond donors (Lipinski definition) is 2. The first-order chi connectivity index (χ1) is 9.70. The standard InChI is InChI=1S/C16H25N3O/c1-13(16(20)17-2)18-12-14-6-8-15(9-7-14)19-10-4-3-5-11-19/h6-9,13,18H,3-5,10-12H2,1-2H3,(H,17,20). The van der Waals surface area contributed by atoms with Crippen molar-refractivity contribution in [2.75, 3.05) is 25.0 Å². The van der Waals surface area contributed by atoms with Gasteiger partial charge in [0.05, 0.1) is 6.04 Å². The van der Waals surface area contributed by atoms with Gasteiger partial charge in [0, 0.05) is 32.4 Å². The van der Waals surface area contributed by atoms with E-state index in [0.717, 1.165) is 6.54 Å². The zero-order chi connectivity index (χ0) is 14.4. The maximum atomic E-state index is 11.4. The van der Waals surface area contributed by atoms with Gasteiger partial charge in [-0.15, -0.1) is 0 Å². The second kappa shape index (κ2) is 7.29. The molecule has 1 aliphatic heterocycles. The van der Waals surface area contributed by atoms with Crippen LogP contribution < -0.4 is 15.5 Å². The van der Waals surface area contributed by atoms with Gasteiger partial charge in [-0.1, -0.05) is 12.1 Å². The molecule has 4 heteroatoms. The number of anilines is 1. The summed E-state index contributed by atoms with van der Waals surface area (Å²) in [7, 11) is 1.66. The van der Waals surface area contributed by atoms with E-state index >= 15 is 0 Å². The van der Waals surface area contributed by atoms with Gasteiger partial charge in [0.2, 0.25) is 5.91 Å². The molecule has 1 aliphatic rings. The highest BCUT2D eigenvalue weighted by Gasteiger charge is 2.11. The van der Waals surface area contributed by atoms with Gasteiger partial charge in [0.1, 0.15) is 0 Å². The van der Waals surface area contributed by atoms with Gasteiger partial charge in [0.15, 0.2) is 0 Å². The highest BCUT2D eigenvalue weighted by Crippen LogP contribution is 2.20. The molecule has 1 atom stereocenters. The van der Waals surface area contributed by atoms with Crippen molar-refractivity contribution >= 4 is 11.6 Å². The van der Waals surface area contributed by atoms with Gasteiger partial charge >= 0.3 is 0 Å². The Balaban J connectivity index is 1.86. The van der Waals surface area contributed by atoms with Crippen LogP contribution in [0.3, 0.4) is 0 Å². The van der Waals surface area contributed by atoms with Gasteiger partial charge in [-0.05, 0) is 43.9 Å². The topological polar surface area (TPSA) is 44.4 Å². The van der Waals surface area contributed by atoms with Crippen LogP contribution in [0.5, 0.6) is 0 Å². The summed E-state index contributed by atoms with van der Waals surface area (Å²) < 4.78 is 0. The normalized spacial score (nSPS) is 16.8. The van der Waals surface area contributed by atoms with Gasteiger partial charge in [-0.25, -0.2) is 0 Å². The van der Waals surface area contributed by atoms with Crippen LogP contribution in [0.25, 0.3) is 0 Å². The zero-order valence-electron chi connectivity index (χ0n) is 12.5. The molecular weight excluding hydrogens is 250 g/mol. The molecule has 0 saturated carbocycles. The van der Waals surface area contributed by atoms with Crippen LogP contribution in [0.4, 0.5) is 5.69 Å². The van der Waals surface area contributed by atoms with Crippen molar-refractivity contribution in [3.8, 4) is 0 Å². The molecule has 110 valence electrons. The lowest BCUT2D eigenvalue weighted by Gasteiger charge is -2.28. The SMILES string of the molecule is CNC(=O)C(C)NCc1ccc(N2CCCCC2)cc1. The lowest BCUT2D eigenvalue weighted by atomic mass is 10.1. The molecule has 1 saturated heterocycles. The van der Waals surface area contributed by atoms with E-state index in [4.69, 9.17) is 0 Å². The van der Waals surface area contributed by atoms with Gasteiger partial charge < -0.3 is 15.5 Å². The lowest BCUT2D eigenvalue weighted by molar-refractivity contribution is -0.122. The van der Waals surface area contributed by atoms with Crippen LogP contribution in [-0.2, 0) is 11.3 Å². The molecule has 0 radical (unpaired) electrons. The molecule has 1 aromatic rings. The molecule has 2 rings (SSSR count). The molecule has 0 aromatic heterocycles. The third-order valence-corrected chi connectivity index (χ3v) is 3.91. The lowest BCUT2D eigenvalue weighted by Crippen LogP contribution is -2.40. The number of piperidine rings is 1. The highest BCUT2D eigenvalue weighted by atomic mass is 16.2. The first-order valence-corrected chi connectivity index (χ1v) is 7.49. The van der Waals surface area contributed by atoms with Crippen molar-refractivity contribution in [3.63, 3.8) is 0 Å². The smallest absolute Gasteiger partial charge is 0.236 e. The number of nitrogens with zero attached hydrogens (tertiary/aromatic N) is 1. The summed E-state index contributed by atoms with van der Waals surface area (Å²) in [6.07, 6.45) is 3.95. The summed E-state index contributed by atoms with van der Waals surface area (Å²) >= 11 is 0. The van der Waals surface area contributed by atoms with Crippen molar-refractivity contribution < 1.29 is 4.79 Å². The molecule has 1 fully saturated rings. The number of benzene rings is 1. The van der Waals surface area contributed by atoms with Crippen LogP contribution in [0.1, 0.15) is 31.7 Å². The fraction of sp³-hybridized carbons (Fsp3) is 0.562. The van der Waals surface area contributed by atoms with Gasteiger partial charge in [-0.2, -0.15) is 0 Å². The summed E-state index contributed by atoms with van der Waals surface area (Å²) in [4.78, 5) is 13.9. The van der Waals surface area contributed by atoms with E-state index in [1.165, 1.54) is 43.6 Å². The van der Waals surface area contributed by atoms with Crippen molar-refractivity contribution in [1.29, 1.82) is 0 Å². The van der Waals surface area contributed by atoms with Crippen molar-refractivity contribution in [2.24, 2.45) is 0 Å². The molecule has 0 aliphatic carbocycles. The average Bonchev–Trinajstić information content (AvgIpc) is 2.53. The Bertz CT molecular complexity index is 424. The second-order valence-corrected chi connectivity index (χ2v) is 5.43. The Hall–Kier alpha value is -1.55. The molecule has 1 heterocycles. The maximum Gasteiger partial charge on any atom is 0.236 e. The number of hydrogen-bond acceptors (Lipinski definition) is 3. The van der Waals surface area contributed by atoms with Gasteiger partial charge in [0.25, 0.3) is 0 Å². The maximum absolute atomic E-state index is 11.4. The Morgan fingerprint density at radius 3 is 2.45 bits per heavy atom. The van der Waals surface area contributed by atoms with Crippen LogP contribution in [0.2, 0.25) is 0 Å². The van der Waals surface area contributed by atoms with Crippen molar-refractivity contribution in [3.05, 3.63) is 29.8 Å². The van der Waals surface area contributed by atoms with E-state index in [2.05, 4.69) is 39.8 Å². The number of carbonyl (C=O) groups excluding carboxylic acids is 1. The monoisotopic (exact) mass is 275 g/mol. The van der Waals surface area contributed by atoms with Gasteiger partial charge in [-0.3, -0.25) is 4.79 Å². The minimum Gasteiger partial charge on any atom is -0.372 e. The molecule has 1 aromatic carbocycles. The Labute approximate surface area is 121 Å². The molecular formula is C16H25N3O. The van der Waals surface area contributed by atoms with E-state index in [9.17, 15) is 4.79 Å². The number of carbonyl (C=O) groups is 1. The van der Waals surface area contributed by atoms with Crippen LogP contribution in [-0.4, -0.2) is 32.1 Å². The number of amides is 1.